The van der Waals surface area contributed by atoms with Crippen molar-refractivity contribution in [1.82, 2.24) is 15.0 Å². The molecule has 0 aliphatic heterocycles. The fourth-order valence-electron chi connectivity index (χ4n) is 2.95. The lowest BCUT2D eigenvalue weighted by Crippen LogP contribution is -2.26. The minimum atomic E-state index is -0.930. The number of aromatic nitrogens is 3. The molecule has 2 unspecified atom stereocenters. The Labute approximate surface area is 121 Å². The molecular formula is C14H17N3O2S. The van der Waals surface area contributed by atoms with E-state index in [1.807, 2.05) is 22.5 Å². The summed E-state index contributed by atoms with van der Waals surface area (Å²) in [6.45, 7) is 0. The van der Waals surface area contributed by atoms with Gasteiger partial charge in [-0.05, 0) is 37.3 Å². The number of carboxylic acid groups (broad SMARTS) is 1. The highest BCUT2D eigenvalue weighted by Crippen LogP contribution is 2.36. The first-order valence-electron chi connectivity index (χ1n) is 6.81. The van der Waals surface area contributed by atoms with Gasteiger partial charge in [-0.1, -0.05) is 18.1 Å². The average molecular weight is 291 g/mol. The topological polar surface area (TPSA) is 68.0 Å². The zero-order valence-electron chi connectivity index (χ0n) is 11.3. The van der Waals surface area contributed by atoms with Crippen LogP contribution in [0.1, 0.15) is 42.1 Å². The van der Waals surface area contributed by atoms with E-state index >= 15 is 0 Å². The second-order valence-electron chi connectivity index (χ2n) is 5.17. The molecular weight excluding hydrogens is 274 g/mol. The van der Waals surface area contributed by atoms with Crippen LogP contribution in [0.25, 0.3) is 11.0 Å². The van der Waals surface area contributed by atoms with Crippen molar-refractivity contribution in [3.63, 3.8) is 0 Å². The number of carboxylic acids is 1. The van der Waals surface area contributed by atoms with Gasteiger partial charge < -0.3 is 5.11 Å². The Morgan fingerprint density at radius 1 is 1.40 bits per heavy atom. The second-order valence-corrected chi connectivity index (χ2v) is 6.25. The maximum absolute atomic E-state index is 11.0. The summed E-state index contributed by atoms with van der Waals surface area (Å²) in [5.41, 5.74) is 1.85. The van der Waals surface area contributed by atoms with Crippen LogP contribution in [-0.4, -0.2) is 37.6 Å². The van der Waals surface area contributed by atoms with Crippen molar-refractivity contribution < 1.29 is 9.90 Å². The van der Waals surface area contributed by atoms with Crippen LogP contribution in [0, 0.1) is 0 Å². The molecule has 1 heterocycles. The maximum Gasteiger partial charge on any atom is 0.335 e. The van der Waals surface area contributed by atoms with Crippen molar-refractivity contribution in [2.75, 3.05) is 6.26 Å². The summed E-state index contributed by atoms with van der Waals surface area (Å²) < 4.78 is 1.99. The van der Waals surface area contributed by atoms with Crippen LogP contribution in [0.5, 0.6) is 0 Å². The molecule has 1 aliphatic carbocycles. The second kappa shape index (κ2) is 5.44. The SMILES string of the molecule is CSC1CCCCC1n1nnc2cc(C(=O)O)ccc21. The molecule has 1 fully saturated rings. The van der Waals surface area contributed by atoms with Crippen LogP contribution in [-0.2, 0) is 0 Å². The van der Waals surface area contributed by atoms with E-state index in [1.165, 1.54) is 19.3 Å². The Balaban J connectivity index is 2.01. The summed E-state index contributed by atoms with van der Waals surface area (Å²) >= 11 is 1.89. The highest BCUT2D eigenvalue weighted by molar-refractivity contribution is 7.99. The number of fused-ring (bicyclic) bond motifs is 1. The van der Waals surface area contributed by atoms with Crippen LogP contribution in [0.15, 0.2) is 18.2 Å². The van der Waals surface area contributed by atoms with Gasteiger partial charge in [0.1, 0.15) is 5.52 Å². The molecule has 3 rings (SSSR count). The number of carbonyl (C=O) groups is 1. The lowest BCUT2D eigenvalue weighted by Gasteiger charge is -2.30. The first kappa shape index (κ1) is 13.4. The number of thioether (sulfide) groups is 1. The van der Waals surface area contributed by atoms with Gasteiger partial charge in [-0.25, -0.2) is 9.48 Å². The van der Waals surface area contributed by atoms with E-state index in [1.54, 1.807) is 12.1 Å². The Bertz CT molecular complexity index is 640. The summed E-state index contributed by atoms with van der Waals surface area (Å²) in [6, 6.07) is 5.41. The number of hydrogen-bond donors (Lipinski definition) is 1. The van der Waals surface area contributed by atoms with Gasteiger partial charge in [0.15, 0.2) is 0 Å². The van der Waals surface area contributed by atoms with Crippen molar-refractivity contribution in [2.24, 2.45) is 0 Å². The Kier molecular flexibility index (Phi) is 3.65. The predicted octanol–water partition coefficient (Wildman–Crippen LogP) is 2.98. The first-order chi connectivity index (χ1) is 9.70. The molecule has 0 radical (unpaired) electrons. The smallest absolute Gasteiger partial charge is 0.335 e. The molecule has 1 N–H and O–H groups in total. The van der Waals surface area contributed by atoms with E-state index in [0.29, 0.717) is 16.8 Å². The fourth-order valence-corrected chi connectivity index (χ4v) is 3.92. The average Bonchev–Trinajstić information content (AvgIpc) is 2.89. The van der Waals surface area contributed by atoms with E-state index < -0.39 is 5.97 Å². The Hall–Kier alpha value is -1.56. The molecule has 1 saturated carbocycles. The number of rotatable bonds is 3. The molecule has 0 saturated heterocycles. The van der Waals surface area contributed by atoms with Gasteiger partial charge in [0.2, 0.25) is 0 Å². The molecule has 0 spiro atoms. The van der Waals surface area contributed by atoms with Crippen molar-refractivity contribution in [2.45, 2.75) is 37.0 Å². The lowest BCUT2D eigenvalue weighted by molar-refractivity contribution is 0.0697. The molecule has 1 aromatic heterocycles. The minimum Gasteiger partial charge on any atom is -0.478 e. The molecule has 20 heavy (non-hydrogen) atoms. The molecule has 5 nitrogen and oxygen atoms in total. The first-order valence-corrected chi connectivity index (χ1v) is 8.10. The van der Waals surface area contributed by atoms with Crippen LogP contribution >= 0.6 is 11.8 Å². The van der Waals surface area contributed by atoms with Gasteiger partial charge >= 0.3 is 5.97 Å². The van der Waals surface area contributed by atoms with Gasteiger partial charge in [-0.15, -0.1) is 5.10 Å². The van der Waals surface area contributed by atoms with Crippen molar-refractivity contribution in [1.29, 1.82) is 0 Å². The minimum absolute atomic E-state index is 0.259. The molecule has 0 bridgehead atoms. The van der Waals surface area contributed by atoms with Gasteiger partial charge in [0, 0.05) is 5.25 Å². The monoisotopic (exact) mass is 291 g/mol. The van der Waals surface area contributed by atoms with Crippen LogP contribution in [0.2, 0.25) is 0 Å². The summed E-state index contributed by atoms with van der Waals surface area (Å²) in [6.07, 6.45) is 6.96. The summed E-state index contributed by atoms with van der Waals surface area (Å²) in [5.74, 6) is -0.930. The third kappa shape index (κ3) is 2.28. The van der Waals surface area contributed by atoms with Gasteiger partial charge in [-0.3, -0.25) is 0 Å². The quantitative estimate of drug-likeness (QED) is 0.941. The molecule has 2 atom stereocenters. The van der Waals surface area contributed by atoms with Crippen molar-refractivity contribution in [3.05, 3.63) is 23.8 Å². The highest BCUT2D eigenvalue weighted by atomic mass is 32.2. The highest BCUT2D eigenvalue weighted by Gasteiger charge is 2.28. The molecule has 2 aromatic rings. The summed E-state index contributed by atoms with van der Waals surface area (Å²) in [5, 5.41) is 18.0. The van der Waals surface area contributed by atoms with Gasteiger partial charge in [0.05, 0.1) is 17.1 Å². The largest absolute Gasteiger partial charge is 0.478 e. The molecule has 1 aliphatic rings. The Morgan fingerprint density at radius 3 is 2.95 bits per heavy atom. The van der Waals surface area contributed by atoms with E-state index in [9.17, 15) is 4.79 Å². The normalized spacial score (nSPS) is 23.1. The fraction of sp³-hybridized carbons (Fsp3) is 0.500. The zero-order chi connectivity index (χ0) is 14.1. The summed E-state index contributed by atoms with van der Waals surface area (Å²) in [4.78, 5) is 11.0. The van der Waals surface area contributed by atoms with Crippen molar-refractivity contribution in [3.8, 4) is 0 Å². The third-order valence-corrected chi connectivity index (χ3v) is 5.16. The van der Waals surface area contributed by atoms with E-state index in [4.69, 9.17) is 5.11 Å². The van der Waals surface area contributed by atoms with Crippen LogP contribution in [0.3, 0.4) is 0 Å². The van der Waals surface area contributed by atoms with E-state index in [-0.39, 0.29) is 5.56 Å². The van der Waals surface area contributed by atoms with Crippen molar-refractivity contribution >= 4 is 28.8 Å². The summed E-state index contributed by atoms with van der Waals surface area (Å²) in [7, 11) is 0. The van der Waals surface area contributed by atoms with Crippen LogP contribution < -0.4 is 0 Å². The van der Waals surface area contributed by atoms with Crippen LogP contribution in [0.4, 0.5) is 0 Å². The number of nitrogens with zero attached hydrogens (tertiary/aromatic N) is 3. The van der Waals surface area contributed by atoms with E-state index in [0.717, 1.165) is 11.9 Å². The predicted molar refractivity (Wildman–Crippen MR) is 79.3 cm³/mol. The van der Waals surface area contributed by atoms with Gasteiger partial charge in [-0.2, -0.15) is 11.8 Å². The zero-order valence-corrected chi connectivity index (χ0v) is 12.1. The van der Waals surface area contributed by atoms with E-state index in [2.05, 4.69) is 16.6 Å². The number of benzene rings is 1. The standard InChI is InChI=1S/C14H17N3O2S/c1-20-13-5-3-2-4-12(13)17-11-7-6-9(14(18)19)8-10(11)15-16-17/h6-8,12-13H,2-5H2,1H3,(H,18,19). The Morgan fingerprint density at radius 2 is 2.20 bits per heavy atom. The molecule has 0 amide bonds. The third-order valence-electron chi connectivity index (χ3n) is 4.00. The molecule has 6 heteroatoms. The maximum atomic E-state index is 11.0. The molecule has 1 aromatic carbocycles. The number of aromatic carboxylic acids is 1. The van der Waals surface area contributed by atoms with Gasteiger partial charge in [0.25, 0.3) is 0 Å². The molecule has 106 valence electrons. The lowest BCUT2D eigenvalue weighted by atomic mass is 9.95. The number of hydrogen-bond acceptors (Lipinski definition) is 4.